The average molecular weight is 762 g/mol. The fourth-order valence-corrected chi connectivity index (χ4v) is 9.06. The summed E-state index contributed by atoms with van der Waals surface area (Å²) < 4.78 is 0. The van der Waals surface area contributed by atoms with Gasteiger partial charge in [-0.15, -0.1) is 0 Å². The molecule has 3 nitrogen and oxygen atoms in total. The standard InChI is InChI=1S/C57H35N3/c1-3-14-40-32-43(30-26-36(40)12-1)52-35-53(44-31-27-37-13-2-4-15-41(37)33-44)60-57(59-52)39-28-24-38(25-29-39)42-16-11-17-45(34-42)56-55-49-21-8-6-19-47(49)46-18-5-7-20-48(46)54(55)50-22-9-10-23-51(50)58-56/h1-35H. The summed E-state index contributed by atoms with van der Waals surface area (Å²) in [5.41, 5.74) is 10.2. The van der Waals surface area contributed by atoms with Crippen LogP contribution in [0.15, 0.2) is 212 Å². The van der Waals surface area contributed by atoms with Crippen LogP contribution in [0.1, 0.15) is 0 Å². The summed E-state index contributed by atoms with van der Waals surface area (Å²) in [5.74, 6) is 0.690. The molecule has 3 heteroatoms. The summed E-state index contributed by atoms with van der Waals surface area (Å²) in [5, 5.41) is 13.3. The van der Waals surface area contributed by atoms with Gasteiger partial charge in [-0.2, -0.15) is 0 Å². The Morgan fingerprint density at radius 1 is 0.250 bits per heavy atom. The molecule has 0 aliphatic heterocycles. The zero-order chi connectivity index (χ0) is 39.6. The average Bonchev–Trinajstić information content (AvgIpc) is 3.33. The maximum absolute atomic E-state index is 5.40. The van der Waals surface area contributed by atoms with E-state index in [1.807, 2.05) is 0 Å². The molecule has 0 atom stereocenters. The molecule has 0 fully saturated rings. The molecule has 0 spiro atoms. The van der Waals surface area contributed by atoms with Crippen molar-refractivity contribution in [1.82, 2.24) is 15.0 Å². The first-order chi connectivity index (χ1) is 29.7. The van der Waals surface area contributed by atoms with Crippen molar-refractivity contribution in [3.05, 3.63) is 212 Å². The zero-order valence-electron chi connectivity index (χ0n) is 32.5. The SMILES string of the molecule is c1cc(-c2ccc(-c3nc(-c4ccc5ccccc5c4)cc(-c4ccc5ccccc5c4)n3)cc2)cc(-c2nc3ccccc3c3c4ccccc4c4ccccc4c23)c1. The Morgan fingerprint density at radius 2 is 0.733 bits per heavy atom. The minimum Gasteiger partial charge on any atom is -0.247 e. The van der Waals surface area contributed by atoms with Gasteiger partial charge < -0.3 is 0 Å². The molecular formula is C57H35N3. The Kier molecular flexibility index (Phi) is 7.85. The third-order valence-electron chi connectivity index (χ3n) is 12.0. The molecule has 10 aromatic carbocycles. The summed E-state index contributed by atoms with van der Waals surface area (Å²) in [6.45, 7) is 0. The van der Waals surface area contributed by atoms with Gasteiger partial charge in [-0.25, -0.2) is 15.0 Å². The van der Waals surface area contributed by atoms with Crippen LogP contribution in [0.25, 0.3) is 121 Å². The van der Waals surface area contributed by atoms with Crippen molar-refractivity contribution in [2.24, 2.45) is 0 Å². The minimum absolute atomic E-state index is 0.690. The molecule has 0 unspecified atom stereocenters. The lowest BCUT2D eigenvalue weighted by Crippen LogP contribution is -1.96. The Hall–Kier alpha value is -8.01. The van der Waals surface area contributed by atoms with Crippen LogP contribution >= 0.6 is 0 Å². The van der Waals surface area contributed by atoms with Crippen molar-refractivity contribution in [2.75, 3.05) is 0 Å². The van der Waals surface area contributed by atoms with Crippen LogP contribution in [0.3, 0.4) is 0 Å². The van der Waals surface area contributed by atoms with Gasteiger partial charge >= 0.3 is 0 Å². The Labute approximate surface area is 346 Å². The molecular weight excluding hydrogens is 727 g/mol. The van der Waals surface area contributed by atoms with Crippen LogP contribution < -0.4 is 0 Å². The van der Waals surface area contributed by atoms with Crippen molar-refractivity contribution in [1.29, 1.82) is 0 Å². The lowest BCUT2D eigenvalue weighted by molar-refractivity contribution is 1.18. The highest BCUT2D eigenvalue weighted by molar-refractivity contribution is 6.33. The van der Waals surface area contributed by atoms with Crippen LogP contribution in [0.5, 0.6) is 0 Å². The molecule has 0 amide bonds. The van der Waals surface area contributed by atoms with Crippen LogP contribution in [0.2, 0.25) is 0 Å². The van der Waals surface area contributed by atoms with Crippen LogP contribution in [-0.4, -0.2) is 15.0 Å². The molecule has 2 heterocycles. The molecule has 0 aliphatic rings. The van der Waals surface area contributed by atoms with Gasteiger partial charge in [0.15, 0.2) is 5.82 Å². The third kappa shape index (κ3) is 5.71. The molecule has 0 aliphatic carbocycles. The van der Waals surface area contributed by atoms with Crippen molar-refractivity contribution >= 4 is 64.8 Å². The zero-order valence-corrected chi connectivity index (χ0v) is 32.5. The molecule has 2 aromatic heterocycles. The lowest BCUT2D eigenvalue weighted by atomic mass is 9.89. The molecule has 0 saturated heterocycles. The second kappa shape index (κ2) is 13.8. The van der Waals surface area contributed by atoms with Gasteiger partial charge in [-0.1, -0.05) is 182 Å². The Morgan fingerprint density at radius 3 is 1.37 bits per heavy atom. The van der Waals surface area contributed by atoms with Gasteiger partial charge in [0.1, 0.15) is 0 Å². The smallest absolute Gasteiger partial charge is 0.160 e. The molecule has 0 radical (unpaired) electrons. The summed E-state index contributed by atoms with van der Waals surface area (Å²) in [4.78, 5) is 15.8. The highest BCUT2D eigenvalue weighted by Crippen LogP contribution is 2.43. The van der Waals surface area contributed by atoms with E-state index in [1.54, 1.807) is 0 Å². The van der Waals surface area contributed by atoms with Crippen LogP contribution in [-0.2, 0) is 0 Å². The second-order valence-electron chi connectivity index (χ2n) is 15.6. The molecule has 60 heavy (non-hydrogen) atoms. The summed E-state index contributed by atoms with van der Waals surface area (Å²) >= 11 is 0. The first-order valence-electron chi connectivity index (χ1n) is 20.4. The number of hydrogen-bond donors (Lipinski definition) is 0. The number of hydrogen-bond acceptors (Lipinski definition) is 3. The molecule has 0 N–H and O–H groups in total. The van der Waals surface area contributed by atoms with E-state index >= 15 is 0 Å². The molecule has 278 valence electrons. The van der Waals surface area contributed by atoms with E-state index in [-0.39, 0.29) is 0 Å². The van der Waals surface area contributed by atoms with Crippen molar-refractivity contribution in [3.8, 4) is 56.3 Å². The van der Waals surface area contributed by atoms with E-state index in [0.29, 0.717) is 5.82 Å². The van der Waals surface area contributed by atoms with E-state index in [2.05, 4.69) is 212 Å². The quantitative estimate of drug-likeness (QED) is 0.164. The third-order valence-corrected chi connectivity index (χ3v) is 12.0. The number of rotatable bonds is 5. The molecule has 0 saturated carbocycles. The Balaban J connectivity index is 0.982. The second-order valence-corrected chi connectivity index (χ2v) is 15.6. The van der Waals surface area contributed by atoms with Crippen molar-refractivity contribution < 1.29 is 0 Å². The number of para-hydroxylation sites is 1. The number of fused-ring (bicyclic) bond motifs is 10. The highest BCUT2D eigenvalue weighted by Gasteiger charge is 2.18. The van der Waals surface area contributed by atoms with Gasteiger partial charge in [0.05, 0.1) is 22.6 Å². The molecule has 0 bridgehead atoms. The minimum atomic E-state index is 0.690. The summed E-state index contributed by atoms with van der Waals surface area (Å²) in [7, 11) is 0. The van der Waals surface area contributed by atoms with E-state index in [4.69, 9.17) is 15.0 Å². The lowest BCUT2D eigenvalue weighted by Gasteiger charge is -2.16. The Bertz CT molecular complexity index is 3560. The maximum atomic E-state index is 5.40. The fraction of sp³-hybridized carbons (Fsp3) is 0. The topological polar surface area (TPSA) is 38.7 Å². The molecule has 12 rings (SSSR count). The summed E-state index contributed by atoms with van der Waals surface area (Å²) in [6, 6.07) is 75.7. The van der Waals surface area contributed by atoms with E-state index in [0.717, 1.165) is 56.0 Å². The monoisotopic (exact) mass is 761 g/mol. The normalized spacial score (nSPS) is 11.7. The largest absolute Gasteiger partial charge is 0.247 e. The molecule has 12 aromatic rings. The number of pyridine rings is 1. The van der Waals surface area contributed by atoms with Gasteiger partial charge in [-0.05, 0) is 84.5 Å². The number of aromatic nitrogens is 3. The van der Waals surface area contributed by atoms with E-state index in [1.165, 1.54) is 59.2 Å². The van der Waals surface area contributed by atoms with Crippen LogP contribution in [0, 0.1) is 0 Å². The summed E-state index contributed by atoms with van der Waals surface area (Å²) in [6.07, 6.45) is 0. The maximum Gasteiger partial charge on any atom is 0.160 e. The predicted molar refractivity (Wildman–Crippen MR) is 252 cm³/mol. The van der Waals surface area contributed by atoms with Gasteiger partial charge in [0.2, 0.25) is 0 Å². The first-order valence-corrected chi connectivity index (χ1v) is 20.4. The fourth-order valence-electron chi connectivity index (χ4n) is 9.06. The van der Waals surface area contributed by atoms with Crippen molar-refractivity contribution in [3.63, 3.8) is 0 Å². The highest BCUT2D eigenvalue weighted by atomic mass is 14.9. The first kappa shape index (κ1) is 34.1. The van der Waals surface area contributed by atoms with Gasteiger partial charge in [0.25, 0.3) is 0 Å². The van der Waals surface area contributed by atoms with E-state index < -0.39 is 0 Å². The predicted octanol–water partition coefficient (Wildman–Crippen LogP) is 15.1. The van der Waals surface area contributed by atoms with E-state index in [9.17, 15) is 0 Å². The van der Waals surface area contributed by atoms with Gasteiger partial charge in [-0.3, -0.25) is 0 Å². The number of nitrogens with zero attached hydrogens (tertiary/aromatic N) is 3. The van der Waals surface area contributed by atoms with Gasteiger partial charge in [0, 0.05) is 38.4 Å². The number of benzene rings is 10. The van der Waals surface area contributed by atoms with Crippen molar-refractivity contribution in [2.45, 2.75) is 0 Å². The van der Waals surface area contributed by atoms with Crippen LogP contribution in [0.4, 0.5) is 0 Å².